The summed E-state index contributed by atoms with van der Waals surface area (Å²) in [5, 5.41) is 12.4. The lowest BCUT2D eigenvalue weighted by Gasteiger charge is -2.07. The lowest BCUT2D eigenvalue weighted by Crippen LogP contribution is -2.10. The maximum Gasteiger partial charge on any atom is 0.224 e. The largest absolute Gasteiger partial charge is 0.497 e. The number of fused-ring (bicyclic) bond motifs is 2. The zero-order chi connectivity index (χ0) is 26.9. The molecule has 194 valence electrons. The summed E-state index contributed by atoms with van der Waals surface area (Å²) in [6.07, 6.45) is 6.34. The third-order valence-electron chi connectivity index (χ3n) is 6.58. The van der Waals surface area contributed by atoms with E-state index in [9.17, 15) is 9.18 Å². The van der Waals surface area contributed by atoms with Crippen LogP contribution in [-0.4, -0.2) is 38.2 Å². The number of pyridine rings is 2. The summed E-state index contributed by atoms with van der Waals surface area (Å²) in [6, 6.07) is 16.3. The number of nitrogens with one attached hydrogen (secondary N) is 3. The lowest BCUT2D eigenvalue weighted by molar-refractivity contribution is -0.116. The van der Waals surface area contributed by atoms with E-state index < -0.39 is 5.82 Å². The highest BCUT2D eigenvalue weighted by molar-refractivity contribution is 6.01. The summed E-state index contributed by atoms with van der Waals surface area (Å²) in [4.78, 5) is 24.4. The van der Waals surface area contributed by atoms with Gasteiger partial charge in [0.15, 0.2) is 0 Å². The number of amides is 1. The molecular formula is C30H25FN6O2. The molecule has 4 aromatic heterocycles. The number of aromatic nitrogens is 5. The zero-order valence-electron chi connectivity index (χ0n) is 21.4. The van der Waals surface area contributed by atoms with Gasteiger partial charge in [-0.05, 0) is 54.4 Å². The number of carbonyl (C=O) groups excluding carboxylic acids is 1. The number of rotatable bonds is 7. The minimum absolute atomic E-state index is 0.0339. The van der Waals surface area contributed by atoms with Crippen molar-refractivity contribution in [2.45, 2.75) is 19.8 Å². The number of hydrogen-bond acceptors (Lipinski definition) is 5. The summed E-state index contributed by atoms with van der Waals surface area (Å²) in [7, 11) is 1.51. The quantitative estimate of drug-likeness (QED) is 0.216. The van der Waals surface area contributed by atoms with Gasteiger partial charge >= 0.3 is 0 Å². The van der Waals surface area contributed by atoms with Crippen molar-refractivity contribution in [3.05, 3.63) is 79.0 Å². The SMILES string of the molecule is CCCC(=O)Nc1cncc(-c2ccc3[nH]nc(-c4cc5c(-c6cc(F)cc(OC)c6)nccc5[nH]4)c3c2)c1. The van der Waals surface area contributed by atoms with Gasteiger partial charge in [0, 0.05) is 52.3 Å². The number of nitrogens with zero attached hydrogens (tertiary/aromatic N) is 3. The number of anilines is 1. The molecular weight excluding hydrogens is 495 g/mol. The molecule has 0 saturated carbocycles. The first-order valence-corrected chi connectivity index (χ1v) is 12.6. The van der Waals surface area contributed by atoms with E-state index in [1.165, 1.54) is 19.2 Å². The Bertz CT molecular complexity index is 1840. The monoisotopic (exact) mass is 520 g/mol. The maximum absolute atomic E-state index is 14.2. The normalized spacial score (nSPS) is 11.3. The molecule has 0 spiro atoms. The van der Waals surface area contributed by atoms with Crippen LogP contribution in [0.5, 0.6) is 5.75 Å². The molecule has 0 aliphatic rings. The van der Waals surface area contributed by atoms with Crippen LogP contribution in [0.1, 0.15) is 19.8 Å². The minimum Gasteiger partial charge on any atom is -0.497 e. The molecule has 6 aromatic rings. The molecule has 0 radical (unpaired) electrons. The zero-order valence-corrected chi connectivity index (χ0v) is 21.4. The summed E-state index contributed by atoms with van der Waals surface area (Å²) >= 11 is 0. The molecule has 0 saturated heterocycles. The Kier molecular flexibility index (Phi) is 6.24. The van der Waals surface area contributed by atoms with Crippen molar-refractivity contribution in [1.29, 1.82) is 0 Å². The van der Waals surface area contributed by atoms with E-state index in [4.69, 9.17) is 4.74 Å². The molecule has 8 nitrogen and oxygen atoms in total. The van der Waals surface area contributed by atoms with Gasteiger partial charge in [0.05, 0.1) is 35.9 Å². The number of methoxy groups -OCH3 is 1. The molecule has 39 heavy (non-hydrogen) atoms. The molecule has 0 unspecified atom stereocenters. The topological polar surface area (TPSA) is 109 Å². The fraction of sp³-hybridized carbons (Fsp3) is 0.133. The molecule has 6 rings (SSSR count). The molecule has 0 fully saturated rings. The van der Waals surface area contributed by atoms with Gasteiger partial charge in [0.2, 0.25) is 5.91 Å². The van der Waals surface area contributed by atoms with Crippen molar-refractivity contribution in [2.24, 2.45) is 0 Å². The van der Waals surface area contributed by atoms with E-state index >= 15 is 0 Å². The van der Waals surface area contributed by atoms with E-state index in [0.29, 0.717) is 29.1 Å². The second kappa shape index (κ2) is 10.0. The van der Waals surface area contributed by atoms with Crippen molar-refractivity contribution in [2.75, 3.05) is 12.4 Å². The average Bonchev–Trinajstić information content (AvgIpc) is 3.56. The number of ether oxygens (including phenoxy) is 1. The maximum atomic E-state index is 14.2. The Morgan fingerprint density at radius 1 is 0.949 bits per heavy atom. The van der Waals surface area contributed by atoms with Crippen molar-refractivity contribution in [3.63, 3.8) is 0 Å². The summed E-state index contributed by atoms with van der Waals surface area (Å²) in [6.45, 7) is 1.97. The first kappa shape index (κ1) is 24.3. The highest BCUT2D eigenvalue weighted by atomic mass is 19.1. The predicted molar refractivity (Wildman–Crippen MR) is 150 cm³/mol. The summed E-state index contributed by atoms with van der Waals surface area (Å²) in [5.74, 6) is -0.00419. The fourth-order valence-corrected chi connectivity index (χ4v) is 4.74. The van der Waals surface area contributed by atoms with Crippen molar-refractivity contribution < 1.29 is 13.9 Å². The molecule has 0 bridgehead atoms. The average molecular weight is 521 g/mol. The number of aromatic amines is 2. The fourth-order valence-electron chi connectivity index (χ4n) is 4.74. The van der Waals surface area contributed by atoms with E-state index in [-0.39, 0.29) is 5.91 Å². The van der Waals surface area contributed by atoms with Crippen LogP contribution in [0.2, 0.25) is 0 Å². The molecule has 0 atom stereocenters. The first-order valence-electron chi connectivity index (χ1n) is 12.6. The van der Waals surface area contributed by atoms with Crippen LogP contribution < -0.4 is 10.1 Å². The lowest BCUT2D eigenvalue weighted by atomic mass is 10.0. The third-order valence-corrected chi connectivity index (χ3v) is 6.58. The van der Waals surface area contributed by atoms with Gasteiger partial charge in [-0.2, -0.15) is 5.10 Å². The van der Waals surface area contributed by atoms with Gasteiger partial charge in [-0.1, -0.05) is 13.0 Å². The third kappa shape index (κ3) is 4.70. The molecule has 4 heterocycles. The van der Waals surface area contributed by atoms with Gasteiger partial charge in [0.25, 0.3) is 0 Å². The van der Waals surface area contributed by atoms with Gasteiger partial charge in [-0.3, -0.25) is 19.9 Å². The Labute approximate surface area is 223 Å². The second-order valence-corrected chi connectivity index (χ2v) is 9.28. The van der Waals surface area contributed by atoms with Crippen molar-refractivity contribution in [3.8, 4) is 39.5 Å². The number of benzene rings is 2. The second-order valence-electron chi connectivity index (χ2n) is 9.28. The molecule has 1 amide bonds. The van der Waals surface area contributed by atoms with Crippen molar-refractivity contribution >= 4 is 33.4 Å². The van der Waals surface area contributed by atoms with Gasteiger partial charge in [-0.25, -0.2) is 4.39 Å². The van der Waals surface area contributed by atoms with Gasteiger partial charge in [-0.15, -0.1) is 0 Å². The molecule has 9 heteroatoms. The highest BCUT2D eigenvalue weighted by Gasteiger charge is 2.16. The number of halogens is 1. The standard InChI is InChI=1S/C30H25FN6O2/c1-3-4-28(38)34-21-10-19(15-32-16-21)17-5-6-26-23(12-17)30(37-36-26)27-14-24-25(35-27)7-8-33-29(24)18-9-20(31)13-22(11-18)39-2/h5-16,35H,3-4H2,1-2H3,(H,34,38)(H,36,37). The van der Waals surface area contributed by atoms with E-state index in [0.717, 1.165) is 50.7 Å². The molecule has 2 aromatic carbocycles. The Morgan fingerprint density at radius 2 is 1.82 bits per heavy atom. The Hall–Kier alpha value is -5.05. The van der Waals surface area contributed by atoms with Crippen LogP contribution >= 0.6 is 0 Å². The number of carbonyl (C=O) groups is 1. The van der Waals surface area contributed by atoms with Crippen LogP contribution in [-0.2, 0) is 4.79 Å². The van der Waals surface area contributed by atoms with E-state index in [1.54, 1.807) is 24.7 Å². The molecule has 0 aliphatic heterocycles. The van der Waals surface area contributed by atoms with E-state index in [2.05, 4.69) is 30.5 Å². The molecule has 3 N–H and O–H groups in total. The van der Waals surface area contributed by atoms with Crippen LogP contribution in [0.4, 0.5) is 10.1 Å². The Balaban J connectivity index is 1.40. The van der Waals surface area contributed by atoms with Crippen LogP contribution in [0.15, 0.2) is 73.2 Å². The summed E-state index contributed by atoms with van der Waals surface area (Å²) in [5.41, 5.74) is 7.00. The van der Waals surface area contributed by atoms with Crippen LogP contribution in [0.3, 0.4) is 0 Å². The Morgan fingerprint density at radius 3 is 2.67 bits per heavy atom. The minimum atomic E-state index is -0.395. The smallest absolute Gasteiger partial charge is 0.224 e. The number of H-pyrrole nitrogens is 2. The van der Waals surface area contributed by atoms with E-state index in [1.807, 2.05) is 43.3 Å². The molecule has 0 aliphatic carbocycles. The first-order chi connectivity index (χ1) is 19.0. The van der Waals surface area contributed by atoms with Crippen LogP contribution in [0, 0.1) is 5.82 Å². The summed E-state index contributed by atoms with van der Waals surface area (Å²) < 4.78 is 19.5. The van der Waals surface area contributed by atoms with Crippen molar-refractivity contribution in [1.82, 2.24) is 25.1 Å². The predicted octanol–water partition coefficient (Wildman–Crippen LogP) is 6.72. The van der Waals surface area contributed by atoms with Crippen LogP contribution in [0.25, 0.3) is 55.6 Å². The highest BCUT2D eigenvalue weighted by Crippen LogP contribution is 2.35. The number of hydrogen-bond donors (Lipinski definition) is 3. The van der Waals surface area contributed by atoms with Gasteiger partial charge < -0.3 is 15.0 Å². The van der Waals surface area contributed by atoms with Gasteiger partial charge in [0.1, 0.15) is 17.3 Å².